The van der Waals surface area contributed by atoms with Crippen LogP contribution in [0.15, 0.2) is 30.3 Å². The van der Waals surface area contributed by atoms with E-state index in [1.807, 2.05) is 12.1 Å². The van der Waals surface area contributed by atoms with Crippen LogP contribution in [0.4, 0.5) is 0 Å². The van der Waals surface area contributed by atoms with Gasteiger partial charge in [-0.2, -0.15) is 0 Å². The first-order valence-corrected chi connectivity index (χ1v) is 5.17. The monoisotopic (exact) mass is 190 g/mol. The third kappa shape index (κ3) is 3.65. The van der Waals surface area contributed by atoms with E-state index in [0.717, 1.165) is 5.75 Å². The van der Waals surface area contributed by atoms with Crippen molar-refractivity contribution in [3.8, 4) is 5.75 Å². The molecule has 0 fully saturated rings. The zero-order valence-electron chi connectivity index (χ0n) is 8.99. The molecule has 1 nitrogen and oxygen atoms in total. The third-order valence-electron chi connectivity index (χ3n) is 2.15. The van der Waals surface area contributed by atoms with Crippen LogP contribution in [0.5, 0.6) is 5.75 Å². The SMILES string of the molecule is CCCCC=Cc1ccc(OC)cc1. The molecule has 0 unspecified atom stereocenters. The molecule has 14 heavy (non-hydrogen) atoms. The molecule has 0 saturated heterocycles. The first-order chi connectivity index (χ1) is 6.86. The minimum absolute atomic E-state index is 0.913. The maximum Gasteiger partial charge on any atom is 0.118 e. The van der Waals surface area contributed by atoms with Gasteiger partial charge in [0.15, 0.2) is 0 Å². The maximum absolute atomic E-state index is 5.09. The number of unbranched alkanes of at least 4 members (excludes halogenated alkanes) is 2. The van der Waals surface area contributed by atoms with Crippen molar-refractivity contribution in [2.45, 2.75) is 26.2 Å². The predicted molar refractivity (Wildman–Crippen MR) is 61.6 cm³/mol. The standard InChI is InChI=1S/C13H18O/c1-3-4-5-6-7-12-8-10-13(14-2)11-9-12/h6-11H,3-5H2,1-2H3. The summed E-state index contributed by atoms with van der Waals surface area (Å²) < 4.78 is 5.09. The minimum Gasteiger partial charge on any atom is -0.497 e. The van der Waals surface area contributed by atoms with Gasteiger partial charge < -0.3 is 4.74 Å². The van der Waals surface area contributed by atoms with Crippen molar-refractivity contribution in [2.24, 2.45) is 0 Å². The Morgan fingerprint density at radius 1 is 1.21 bits per heavy atom. The van der Waals surface area contributed by atoms with Crippen LogP contribution in [0.1, 0.15) is 31.7 Å². The molecule has 0 radical (unpaired) electrons. The van der Waals surface area contributed by atoms with Crippen molar-refractivity contribution < 1.29 is 4.74 Å². The van der Waals surface area contributed by atoms with Gasteiger partial charge in [-0.15, -0.1) is 0 Å². The Morgan fingerprint density at radius 3 is 2.50 bits per heavy atom. The van der Waals surface area contributed by atoms with E-state index in [1.165, 1.54) is 24.8 Å². The fraction of sp³-hybridized carbons (Fsp3) is 0.385. The predicted octanol–water partition coefficient (Wildman–Crippen LogP) is 3.90. The van der Waals surface area contributed by atoms with Gasteiger partial charge in [0.25, 0.3) is 0 Å². The molecule has 0 heterocycles. The Morgan fingerprint density at radius 2 is 1.93 bits per heavy atom. The number of rotatable bonds is 5. The van der Waals surface area contributed by atoms with E-state index < -0.39 is 0 Å². The van der Waals surface area contributed by atoms with Gasteiger partial charge in [-0.25, -0.2) is 0 Å². The van der Waals surface area contributed by atoms with E-state index in [9.17, 15) is 0 Å². The third-order valence-corrected chi connectivity index (χ3v) is 2.15. The topological polar surface area (TPSA) is 9.23 Å². The van der Waals surface area contributed by atoms with Gasteiger partial charge in [-0.1, -0.05) is 44.1 Å². The van der Waals surface area contributed by atoms with Crippen LogP contribution in [0.2, 0.25) is 0 Å². The molecule has 0 aliphatic heterocycles. The lowest BCUT2D eigenvalue weighted by Crippen LogP contribution is -1.81. The minimum atomic E-state index is 0.913. The lowest BCUT2D eigenvalue weighted by Gasteiger charge is -1.98. The summed E-state index contributed by atoms with van der Waals surface area (Å²) >= 11 is 0. The van der Waals surface area contributed by atoms with Crippen molar-refractivity contribution in [3.63, 3.8) is 0 Å². The number of ether oxygens (including phenoxy) is 1. The lowest BCUT2D eigenvalue weighted by atomic mass is 10.1. The number of allylic oxidation sites excluding steroid dienone is 1. The highest BCUT2D eigenvalue weighted by Crippen LogP contribution is 2.12. The van der Waals surface area contributed by atoms with Crippen LogP contribution < -0.4 is 4.74 Å². The smallest absolute Gasteiger partial charge is 0.118 e. The average Bonchev–Trinajstić information content (AvgIpc) is 2.25. The summed E-state index contributed by atoms with van der Waals surface area (Å²) in [5.41, 5.74) is 1.24. The molecular weight excluding hydrogens is 172 g/mol. The summed E-state index contributed by atoms with van der Waals surface area (Å²) in [6, 6.07) is 8.11. The van der Waals surface area contributed by atoms with Crippen molar-refractivity contribution >= 4 is 6.08 Å². The zero-order valence-corrected chi connectivity index (χ0v) is 8.99. The molecule has 1 aromatic rings. The van der Waals surface area contributed by atoms with Crippen molar-refractivity contribution in [3.05, 3.63) is 35.9 Å². The summed E-state index contributed by atoms with van der Waals surface area (Å²) in [5.74, 6) is 0.913. The van der Waals surface area contributed by atoms with Crippen LogP contribution in [-0.4, -0.2) is 7.11 Å². The molecule has 0 amide bonds. The Hall–Kier alpha value is -1.24. The highest BCUT2D eigenvalue weighted by molar-refractivity contribution is 5.50. The van der Waals surface area contributed by atoms with Gasteiger partial charge in [-0.3, -0.25) is 0 Å². The summed E-state index contributed by atoms with van der Waals surface area (Å²) in [7, 11) is 1.69. The summed E-state index contributed by atoms with van der Waals surface area (Å²) in [4.78, 5) is 0. The van der Waals surface area contributed by atoms with E-state index in [4.69, 9.17) is 4.74 Å². The van der Waals surface area contributed by atoms with E-state index in [0.29, 0.717) is 0 Å². The number of methoxy groups -OCH3 is 1. The molecule has 0 atom stereocenters. The molecule has 0 saturated carbocycles. The van der Waals surface area contributed by atoms with Crippen LogP contribution in [0.25, 0.3) is 6.08 Å². The molecule has 76 valence electrons. The molecule has 1 heteroatoms. The van der Waals surface area contributed by atoms with Crippen LogP contribution in [0.3, 0.4) is 0 Å². The van der Waals surface area contributed by atoms with E-state index in [-0.39, 0.29) is 0 Å². The number of hydrogen-bond donors (Lipinski definition) is 0. The highest BCUT2D eigenvalue weighted by atomic mass is 16.5. The second-order valence-electron chi connectivity index (χ2n) is 3.32. The summed E-state index contributed by atoms with van der Waals surface area (Å²) in [6.45, 7) is 2.21. The van der Waals surface area contributed by atoms with Gasteiger partial charge in [0.2, 0.25) is 0 Å². The quantitative estimate of drug-likeness (QED) is 0.640. The van der Waals surface area contributed by atoms with Crippen molar-refractivity contribution in [1.82, 2.24) is 0 Å². The average molecular weight is 190 g/mol. The largest absolute Gasteiger partial charge is 0.497 e. The second-order valence-corrected chi connectivity index (χ2v) is 3.32. The number of benzene rings is 1. The van der Waals surface area contributed by atoms with E-state index >= 15 is 0 Å². The first kappa shape index (κ1) is 10.8. The number of hydrogen-bond acceptors (Lipinski definition) is 1. The first-order valence-electron chi connectivity index (χ1n) is 5.17. The second kappa shape index (κ2) is 6.25. The zero-order chi connectivity index (χ0) is 10.2. The molecule has 0 aromatic heterocycles. The Bertz CT molecular complexity index is 272. The van der Waals surface area contributed by atoms with Gasteiger partial charge in [-0.05, 0) is 24.1 Å². The van der Waals surface area contributed by atoms with Crippen LogP contribution >= 0.6 is 0 Å². The summed E-state index contributed by atoms with van der Waals surface area (Å²) in [5, 5.41) is 0. The normalized spacial score (nSPS) is 10.7. The lowest BCUT2D eigenvalue weighted by molar-refractivity contribution is 0.415. The van der Waals surface area contributed by atoms with E-state index in [2.05, 4.69) is 31.2 Å². The molecule has 0 aliphatic rings. The highest BCUT2D eigenvalue weighted by Gasteiger charge is 1.89. The van der Waals surface area contributed by atoms with Crippen LogP contribution in [0, 0.1) is 0 Å². The van der Waals surface area contributed by atoms with Gasteiger partial charge >= 0.3 is 0 Å². The van der Waals surface area contributed by atoms with Gasteiger partial charge in [0, 0.05) is 0 Å². The molecular formula is C13H18O. The molecule has 0 aliphatic carbocycles. The van der Waals surface area contributed by atoms with Crippen molar-refractivity contribution in [2.75, 3.05) is 7.11 Å². The molecule has 0 bridgehead atoms. The molecule has 0 N–H and O–H groups in total. The van der Waals surface area contributed by atoms with Gasteiger partial charge in [0.1, 0.15) is 5.75 Å². The fourth-order valence-corrected chi connectivity index (χ4v) is 1.26. The van der Waals surface area contributed by atoms with Crippen LogP contribution in [-0.2, 0) is 0 Å². The molecule has 1 aromatic carbocycles. The Balaban J connectivity index is 2.47. The van der Waals surface area contributed by atoms with Crippen molar-refractivity contribution in [1.29, 1.82) is 0 Å². The molecule has 0 spiro atoms. The fourth-order valence-electron chi connectivity index (χ4n) is 1.26. The van der Waals surface area contributed by atoms with Gasteiger partial charge in [0.05, 0.1) is 7.11 Å². The molecule has 1 rings (SSSR count). The van der Waals surface area contributed by atoms with E-state index in [1.54, 1.807) is 7.11 Å². The Labute approximate surface area is 86.4 Å². The summed E-state index contributed by atoms with van der Waals surface area (Å²) in [6.07, 6.45) is 8.09. The Kier molecular flexibility index (Phi) is 4.84. The maximum atomic E-state index is 5.09.